The maximum atomic E-state index is 13.8. The first kappa shape index (κ1) is 21.9. The van der Waals surface area contributed by atoms with Crippen molar-refractivity contribution in [3.8, 4) is 16.8 Å². The van der Waals surface area contributed by atoms with E-state index >= 15 is 0 Å². The number of para-hydroxylation sites is 1. The highest BCUT2D eigenvalue weighted by molar-refractivity contribution is 7.99. The second-order valence-corrected chi connectivity index (χ2v) is 10.1. The Hall–Kier alpha value is -2.90. The molecule has 1 aliphatic rings. The zero-order chi connectivity index (χ0) is 22.6. The number of benzene rings is 2. The van der Waals surface area contributed by atoms with Crippen LogP contribution in [0, 0.1) is 0 Å². The van der Waals surface area contributed by atoms with Crippen LogP contribution in [-0.2, 0) is 4.79 Å². The average Bonchev–Trinajstić information content (AvgIpc) is 3.29. The van der Waals surface area contributed by atoms with Crippen LogP contribution in [0.2, 0.25) is 0 Å². The molecule has 5 rings (SSSR count). The van der Waals surface area contributed by atoms with E-state index in [1.165, 1.54) is 42.4 Å². The molecule has 168 valence electrons. The molecule has 0 radical (unpaired) electrons. The van der Waals surface area contributed by atoms with Crippen LogP contribution in [0.3, 0.4) is 0 Å². The lowest BCUT2D eigenvalue weighted by Gasteiger charge is -2.22. The third kappa shape index (κ3) is 4.75. The molecular weight excluding hydrogens is 450 g/mol. The van der Waals surface area contributed by atoms with Gasteiger partial charge in [0, 0.05) is 17.0 Å². The Kier molecular flexibility index (Phi) is 6.60. The van der Waals surface area contributed by atoms with Gasteiger partial charge in [-0.2, -0.15) is 0 Å². The summed E-state index contributed by atoms with van der Waals surface area (Å²) in [6, 6.07) is 19.7. The molecule has 2 aromatic carbocycles. The lowest BCUT2D eigenvalue weighted by Crippen LogP contribution is -2.37. The minimum Gasteiger partial charge on any atom is -0.353 e. The molecule has 4 aromatic rings. The standard InChI is InChI=1S/C26H25N3O2S2/c30-22(27-19-12-6-2-7-13-19)17-33-26-28-24-23(21(16-32-24)18-10-4-1-5-11-18)25(31)29(26)20-14-8-3-9-15-20/h1,3-5,8-11,14-16,19H,2,6-7,12-13,17H2,(H,27,30). The summed E-state index contributed by atoms with van der Waals surface area (Å²) in [4.78, 5) is 31.9. The fourth-order valence-electron chi connectivity index (χ4n) is 4.35. The second kappa shape index (κ2) is 9.93. The number of nitrogens with one attached hydrogen (secondary N) is 1. The second-order valence-electron chi connectivity index (χ2n) is 8.26. The molecule has 7 heteroatoms. The van der Waals surface area contributed by atoms with Crippen molar-refractivity contribution >= 4 is 39.2 Å². The first-order chi connectivity index (χ1) is 16.2. The number of thioether (sulfide) groups is 1. The van der Waals surface area contributed by atoms with E-state index in [1.54, 1.807) is 4.57 Å². The summed E-state index contributed by atoms with van der Waals surface area (Å²) >= 11 is 2.78. The Morgan fingerprint density at radius 1 is 1.03 bits per heavy atom. The molecule has 1 fully saturated rings. The zero-order valence-electron chi connectivity index (χ0n) is 18.2. The van der Waals surface area contributed by atoms with Crippen molar-refractivity contribution in [3.05, 3.63) is 76.4 Å². The number of fused-ring (bicyclic) bond motifs is 1. The molecule has 0 saturated heterocycles. The normalized spacial score (nSPS) is 14.4. The molecule has 0 bridgehead atoms. The lowest BCUT2D eigenvalue weighted by molar-refractivity contribution is -0.119. The van der Waals surface area contributed by atoms with Crippen LogP contribution in [0.25, 0.3) is 27.0 Å². The van der Waals surface area contributed by atoms with Gasteiger partial charge in [0.1, 0.15) is 4.83 Å². The average molecular weight is 476 g/mol. The van der Waals surface area contributed by atoms with E-state index in [9.17, 15) is 9.59 Å². The van der Waals surface area contributed by atoms with Crippen LogP contribution in [-0.4, -0.2) is 27.3 Å². The first-order valence-corrected chi connectivity index (χ1v) is 13.1. The largest absolute Gasteiger partial charge is 0.353 e. The van der Waals surface area contributed by atoms with Gasteiger partial charge in [-0.3, -0.25) is 14.2 Å². The van der Waals surface area contributed by atoms with Crippen LogP contribution in [0.1, 0.15) is 32.1 Å². The van der Waals surface area contributed by atoms with Gasteiger partial charge in [0.05, 0.1) is 16.8 Å². The van der Waals surface area contributed by atoms with E-state index in [1.807, 2.05) is 66.0 Å². The highest BCUT2D eigenvalue weighted by atomic mass is 32.2. The molecule has 2 heterocycles. The van der Waals surface area contributed by atoms with Crippen LogP contribution >= 0.6 is 23.1 Å². The van der Waals surface area contributed by atoms with Gasteiger partial charge >= 0.3 is 0 Å². The summed E-state index contributed by atoms with van der Waals surface area (Å²) in [6.45, 7) is 0. The lowest BCUT2D eigenvalue weighted by atomic mass is 9.95. The molecule has 0 aliphatic heterocycles. The Bertz CT molecular complexity index is 1310. The van der Waals surface area contributed by atoms with Gasteiger partial charge in [-0.25, -0.2) is 4.98 Å². The number of hydrogen-bond donors (Lipinski definition) is 1. The van der Waals surface area contributed by atoms with Crippen molar-refractivity contribution in [1.82, 2.24) is 14.9 Å². The predicted molar refractivity (Wildman–Crippen MR) is 136 cm³/mol. The van der Waals surface area contributed by atoms with Crippen LogP contribution in [0.5, 0.6) is 0 Å². The van der Waals surface area contributed by atoms with E-state index in [0.29, 0.717) is 15.4 Å². The number of thiophene rings is 1. The number of aromatic nitrogens is 2. The van der Waals surface area contributed by atoms with Crippen molar-refractivity contribution < 1.29 is 4.79 Å². The number of carbonyl (C=O) groups excluding carboxylic acids is 1. The minimum absolute atomic E-state index is 0.00277. The Morgan fingerprint density at radius 2 is 1.73 bits per heavy atom. The summed E-state index contributed by atoms with van der Waals surface area (Å²) in [6.07, 6.45) is 5.69. The number of amides is 1. The maximum absolute atomic E-state index is 13.8. The van der Waals surface area contributed by atoms with Gasteiger partial charge in [0.15, 0.2) is 5.16 Å². The number of nitrogens with zero attached hydrogens (tertiary/aromatic N) is 2. The topological polar surface area (TPSA) is 64.0 Å². The third-order valence-electron chi connectivity index (χ3n) is 5.98. The van der Waals surface area contributed by atoms with Gasteiger partial charge in [0.2, 0.25) is 5.91 Å². The van der Waals surface area contributed by atoms with Crippen LogP contribution in [0.4, 0.5) is 0 Å². The summed E-state index contributed by atoms with van der Waals surface area (Å²) < 4.78 is 1.64. The quantitative estimate of drug-likeness (QED) is 0.289. The van der Waals surface area contributed by atoms with Crippen molar-refractivity contribution in [1.29, 1.82) is 0 Å². The smallest absolute Gasteiger partial charge is 0.268 e. The molecule has 1 aliphatic carbocycles. The van der Waals surface area contributed by atoms with E-state index < -0.39 is 0 Å². The highest BCUT2D eigenvalue weighted by Crippen LogP contribution is 2.33. The summed E-state index contributed by atoms with van der Waals surface area (Å²) in [7, 11) is 0. The summed E-state index contributed by atoms with van der Waals surface area (Å²) in [5.74, 6) is 0.232. The fourth-order valence-corrected chi connectivity index (χ4v) is 6.16. The third-order valence-corrected chi connectivity index (χ3v) is 7.79. The van der Waals surface area contributed by atoms with Crippen molar-refractivity contribution in [2.24, 2.45) is 0 Å². The highest BCUT2D eigenvalue weighted by Gasteiger charge is 2.20. The molecule has 1 amide bonds. The fraction of sp³-hybridized carbons (Fsp3) is 0.269. The van der Waals surface area contributed by atoms with E-state index in [4.69, 9.17) is 4.98 Å². The van der Waals surface area contributed by atoms with Crippen molar-refractivity contribution in [2.45, 2.75) is 43.3 Å². The number of carbonyl (C=O) groups is 1. The van der Waals surface area contributed by atoms with Gasteiger partial charge in [-0.15, -0.1) is 11.3 Å². The van der Waals surface area contributed by atoms with Crippen LogP contribution in [0.15, 0.2) is 76.0 Å². The van der Waals surface area contributed by atoms with Gasteiger partial charge in [0.25, 0.3) is 5.56 Å². The minimum atomic E-state index is -0.110. The molecule has 5 nitrogen and oxygen atoms in total. The first-order valence-electron chi connectivity index (χ1n) is 11.3. The molecule has 33 heavy (non-hydrogen) atoms. The molecule has 0 spiro atoms. The molecule has 0 unspecified atom stereocenters. The number of rotatable bonds is 6. The SMILES string of the molecule is O=C(CSc1nc2scc(-c3ccccc3)c2c(=O)n1-c1ccccc1)NC1CCCCC1. The summed E-state index contributed by atoms with van der Waals surface area (Å²) in [5, 5.41) is 6.30. The molecular formula is C26H25N3O2S2. The van der Waals surface area contributed by atoms with Gasteiger partial charge in [-0.05, 0) is 30.5 Å². The monoisotopic (exact) mass is 475 g/mol. The van der Waals surface area contributed by atoms with Crippen molar-refractivity contribution in [2.75, 3.05) is 5.75 Å². The van der Waals surface area contributed by atoms with Gasteiger partial charge in [-0.1, -0.05) is 79.6 Å². The Labute approximate surface area is 200 Å². The van der Waals surface area contributed by atoms with E-state index in [2.05, 4.69) is 5.32 Å². The molecule has 1 saturated carbocycles. The van der Waals surface area contributed by atoms with Crippen molar-refractivity contribution in [3.63, 3.8) is 0 Å². The molecule has 2 aromatic heterocycles. The predicted octanol–water partition coefficient (Wildman–Crippen LogP) is 5.66. The molecule has 1 N–H and O–H groups in total. The van der Waals surface area contributed by atoms with E-state index in [-0.39, 0.29) is 23.3 Å². The Balaban J connectivity index is 1.51. The molecule has 0 atom stereocenters. The van der Waals surface area contributed by atoms with E-state index in [0.717, 1.165) is 29.7 Å². The zero-order valence-corrected chi connectivity index (χ0v) is 19.8. The number of hydrogen-bond acceptors (Lipinski definition) is 5. The Morgan fingerprint density at radius 3 is 2.45 bits per heavy atom. The maximum Gasteiger partial charge on any atom is 0.268 e. The van der Waals surface area contributed by atoms with Gasteiger partial charge < -0.3 is 5.32 Å². The summed E-state index contributed by atoms with van der Waals surface area (Å²) in [5.41, 5.74) is 2.53. The van der Waals surface area contributed by atoms with Crippen LogP contribution < -0.4 is 10.9 Å².